The van der Waals surface area contributed by atoms with Gasteiger partial charge in [0.2, 0.25) is 5.91 Å². The minimum Gasteiger partial charge on any atom is -0.354 e. The van der Waals surface area contributed by atoms with Crippen LogP contribution < -0.4 is 16.0 Å². The lowest BCUT2D eigenvalue weighted by molar-refractivity contribution is -0.139. The molecule has 0 bridgehead atoms. The van der Waals surface area contributed by atoms with Crippen LogP contribution in [-0.4, -0.2) is 35.8 Å². The van der Waals surface area contributed by atoms with Gasteiger partial charge in [-0.1, -0.05) is 36.1 Å². The van der Waals surface area contributed by atoms with Gasteiger partial charge in [0, 0.05) is 24.5 Å². The highest BCUT2D eigenvalue weighted by Crippen LogP contribution is 1.98. The summed E-state index contributed by atoms with van der Waals surface area (Å²) >= 11 is 0. The van der Waals surface area contributed by atoms with Crippen molar-refractivity contribution >= 4 is 17.7 Å². The Labute approximate surface area is 156 Å². The Kier molecular flexibility index (Phi) is 26.0. The van der Waals surface area contributed by atoms with Crippen LogP contribution in [0.1, 0.15) is 84.1 Å². The summed E-state index contributed by atoms with van der Waals surface area (Å²) in [6, 6.07) is 0.261. The molecule has 6 nitrogen and oxygen atoms in total. The molecule has 0 aromatic heterocycles. The molecule has 0 atom stereocenters. The van der Waals surface area contributed by atoms with E-state index in [1.807, 2.05) is 27.7 Å². The number of hydrogen-bond donors (Lipinski definition) is 3. The van der Waals surface area contributed by atoms with Crippen molar-refractivity contribution in [3.8, 4) is 0 Å². The van der Waals surface area contributed by atoms with Crippen molar-refractivity contribution in [2.45, 2.75) is 102 Å². The van der Waals surface area contributed by atoms with Gasteiger partial charge in [-0.25, -0.2) is 0 Å². The van der Waals surface area contributed by atoms with E-state index >= 15 is 0 Å². The molecule has 0 aromatic rings. The quantitative estimate of drug-likeness (QED) is 0.653. The lowest BCUT2D eigenvalue weighted by Gasteiger charge is -2.10. The first-order valence-electron chi connectivity index (χ1n) is 7.86. The van der Waals surface area contributed by atoms with Gasteiger partial charge in [0.15, 0.2) is 0 Å². The molecule has 0 saturated carbocycles. The van der Waals surface area contributed by atoms with E-state index in [4.69, 9.17) is 0 Å². The highest BCUT2D eigenvalue weighted by molar-refractivity contribution is 6.35. The van der Waals surface area contributed by atoms with Gasteiger partial charge in [-0.2, -0.15) is 0 Å². The second-order valence-corrected chi connectivity index (χ2v) is 6.58. The Bertz CT molecular complexity index is 320. The fourth-order valence-corrected chi connectivity index (χ4v) is 1.41. The first-order valence-corrected chi connectivity index (χ1v) is 7.86. The third kappa shape index (κ3) is 27.5. The average molecular weight is 364 g/mol. The Hall–Kier alpha value is -1.59. The van der Waals surface area contributed by atoms with Crippen LogP contribution in [0.4, 0.5) is 0 Å². The molecule has 0 saturated heterocycles. The van der Waals surface area contributed by atoms with Crippen LogP contribution in [0.2, 0.25) is 0 Å². The van der Waals surface area contributed by atoms with Crippen molar-refractivity contribution in [1.82, 2.24) is 16.0 Å². The lowest BCUT2D eigenvalue weighted by Crippen LogP contribution is -2.44. The van der Waals surface area contributed by atoms with Crippen LogP contribution in [0.3, 0.4) is 0 Å². The third-order valence-corrected chi connectivity index (χ3v) is 2.09. The summed E-state index contributed by atoms with van der Waals surface area (Å²) in [6.07, 6.45) is 0.637. The van der Waals surface area contributed by atoms with Gasteiger partial charge in [0.25, 0.3) is 0 Å². The van der Waals surface area contributed by atoms with Crippen LogP contribution in [-0.2, 0) is 14.4 Å². The Morgan fingerprint density at radius 1 is 0.600 bits per heavy atom. The van der Waals surface area contributed by atoms with E-state index < -0.39 is 11.8 Å². The summed E-state index contributed by atoms with van der Waals surface area (Å²) in [7, 11) is 0. The summed E-state index contributed by atoms with van der Waals surface area (Å²) in [6.45, 7) is 15.2. The SMILES string of the molecule is C.C.C.CC(C)CC(=O)NC(C)C.CC(C)NC(=O)C(=O)NC(C)C. The number of hydrogen-bond acceptors (Lipinski definition) is 3. The maximum atomic E-state index is 11.0. The maximum absolute atomic E-state index is 11.0. The summed E-state index contributed by atoms with van der Waals surface area (Å²) < 4.78 is 0. The van der Waals surface area contributed by atoms with Gasteiger partial charge >= 0.3 is 11.8 Å². The van der Waals surface area contributed by atoms with E-state index in [2.05, 4.69) is 16.0 Å². The minimum absolute atomic E-state index is 0. The monoisotopic (exact) mass is 363 g/mol. The molecule has 0 spiro atoms. The van der Waals surface area contributed by atoms with Crippen LogP contribution in [0, 0.1) is 5.92 Å². The first-order chi connectivity index (χ1) is 9.95. The van der Waals surface area contributed by atoms with Crippen molar-refractivity contribution in [1.29, 1.82) is 0 Å². The van der Waals surface area contributed by atoms with Crippen molar-refractivity contribution in [2.75, 3.05) is 0 Å². The Morgan fingerprint density at radius 3 is 1.08 bits per heavy atom. The van der Waals surface area contributed by atoms with E-state index in [9.17, 15) is 14.4 Å². The van der Waals surface area contributed by atoms with E-state index in [1.54, 1.807) is 27.7 Å². The van der Waals surface area contributed by atoms with E-state index in [-0.39, 0.29) is 46.3 Å². The second kappa shape index (κ2) is 18.7. The van der Waals surface area contributed by atoms with Crippen molar-refractivity contribution in [2.24, 2.45) is 5.92 Å². The smallest absolute Gasteiger partial charge is 0.309 e. The van der Waals surface area contributed by atoms with Crippen LogP contribution >= 0.6 is 0 Å². The van der Waals surface area contributed by atoms with Gasteiger partial charge in [-0.3, -0.25) is 14.4 Å². The third-order valence-electron chi connectivity index (χ3n) is 2.09. The lowest BCUT2D eigenvalue weighted by atomic mass is 10.1. The zero-order valence-corrected chi connectivity index (χ0v) is 15.2. The summed E-state index contributed by atoms with van der Waals surface area (Å²) in [4.78, 5) is 32.9. The minimum atomic E-state index is -0.571. The number of carbonyl (C=O) groups excluding carboxylic acids is 3. The molecule has 25 heavy (non-hydrogen) atoms. The normalized spacial score (nSPS) is 9.12. The van der Waals surface area contributed by atoms with Crippen LogP contribution in [0.25, 0.3) is 0 Å². The molecule has 0 aliphatic carbocycles. The predicted molar refractivity (Wildman–Crippen MR) is 109 cm³/mol. The molecule has 0 aliphatic rings. The van der Waals surface area contributed by atoms with E-state index in [0.29, 0.717) is 12.3 Å². The number of amides is 3. The van der Waals surface area contributed by atoms with Gasteiger partial charge in [-0.05, 0) is 47.5 Å². The number of nitrogens with one attached hydrogen (secondary N) is 3. The molecule has 0 heterocycles. The van der Waals surface area contributed by atoms with E-state index in [0.717, 1.165) is 0 Å². The molecule has 0 aliphatic heterocycles. The molecule has 0 radical (unpaired) electrons. The Balaban J connectivity index is -0.0000000964. The van der Waals surface area contributed by atoms with Gasteiger partial charge in [0.1, 0.15) is 0 Å². The molecule has 3 N–H and O–H groups in total. The molecule has 154 valence electrons. The second-order valence-electron chi connectivity index (χ2n) is 6.58. The zero-order valence-electron chi connectivity index (χ0n) is 15.2. The average Bonchev–Trinajstić information content (AvgIpc) is 2.25. The van der Waals surface area contributed by atoms with E-state index in [1.165, 1.54) is 0 Å². The summed E-state index contributed by atoms with van der Waals surface area (Å²) in [5, 5.41) is 7.83. The van der Waals surface area contributed by atoms with Crippen molar-refractivity contribution in [3.63, 3.8) is 0 Å². The van der Waals surface area contributed by atoms with Crippen LogP contribution in [0.5, 0.6) is 0 Å². The predicted octanol–water partition coefficient (Wildman–Crippen LogP) is 3.50. The highest BCUT2D eigenvalue weighted by Gasteiger charge is 2.14. The largest absolute Gasteiger partial charge is 0.354 e. The van der Waals surface area contributed by atoms with Gasteiger partial charge < -0.3 is 16.0 Å². The van der Waals surface area contributed by atoms with Crippen LogP contribution in [0.15, 0.2) is 0 Å². The first kappa shape index (κ1) is 34.7. The fraction of sp³-hybridized carbons (Fsp3) is 0.842. The summed E-state index contributed by atoms with van der Waals surface area (Å²) in [5.41, 5.74) is 0. The molecule has 0 rings (SSSR count). The van der Waals surface area contributed by atoms with Crippen molar-refractivity contribution < 1.29 is 14.4 Å². The number of carbonyl (C=O) groups is 3. The molecule has 0 aromatic carbocycles. The Morgan fingerprint density at radius 2 is 0.880 bits per heavy atom. The molecule has 0 fully saturated rings. The highest BCUT2D eigenvalue weighted by atomic mass is 16.2. The van der Waals surface area contributed by atoms with Crippen molar-refractivity contribution in [3.05, 3.63) is 0 Å². The topological polar surface area (TPSA) is 87.3 Å². The maximum Gasteiger partial charge on any atom is 0.309 e. The van der Waals surface area contributed by atoms with Gasteiger partial charge in [-0.15, -0.1) is 0 Å². The molecule has 3 amide bonds. The fourth-order valence-electron chi connectivity index (χ4n) is 1.41. The number of rotatable bonds is 5. The van der Waals surface area contributed by atoms with Gasteiger partial charge in [0.05, 0.1) is 0 Å². The summed E-state index contributed by atoms with van der Waals surface area (Å²) in [5.74, 6) is -0.527. The molecule has 0 unspecified atom stereocenters. The standard InChI is InChI=1S/C8H16N2O2.C8H17NO.3CH4/c1-5(2)9-7(11)8(12)10-6(3)4;1-6(2)5-8(10)9-7(3)4;;;/h5-6H,1-4H3,(H,9,11)(H,10,12);6-7H,5H2,1-4H3,(H,9,10);3*1H4. The molecular formula is C19H45N3O3. The molecular weight excluding hydrogens is 318 g/mol. The zero-order chi connectivity index (χ0) is 17.9. The molecule has 6 heteroatoms.